The number of fused-ring (bicyclic) bond motifs is 17. The van der Waals surface area contributed by atoms with Crippen LogP contribution in [-0.4, -0.2) is 0 Å². The third kappa shape index (κ3) is 5.11. The van der Waals surface area contributed by atoms with Gasteiger partial charge in [-0.15, -0.1) is 22.7 Å². The second kappa shape index (κ2) is 13.5. The maximum absolute atomic E-state index is 2.51. The number of rotatable bonds is 4. The van der Waals surface area contributed by atoms with Gasteiger partial charge in [0.25, 0.3) is 0 Å². The summed E-state index contributed by atoms with van der Waals surface area (Å²) < 4.78 is 5.23. The molecule has 63 heavy (non-hydrogen) atoms. The van der Waals surface area contributed by atoms with Gasteiger partial charge in [-0.05, 0) is 122 Å². The van der Waals surface area contributed by atoms with Crippen molar-refractivity contribution in [2.45, 2.75) is 15.2 Å². The molecule has 0 amide bonds. The second-order valence-corrected chi connectivity index (χ2v) is 20.0. The highest BCUT2D eigenvalue weighted by Crippen LogP contribution is 2.63. The molecule has 14 rings (SSSR count). The Kier molecular flexibility index (Phi) is 7.65. The zero-order valence-electron chi connectivity index (χ0n) is 33.9. The molecule has 0 unspecified atom stereocenters. The minimum atomic E-state index is -0.448. The van der Waals surface area contributed by atoms with Crippen LogP contribution in [0.15, 0.2) is 222 Å². The van der Waals surface area contributed by atoms with Crippen molar-refractivity contribution in [3.63, 3.8) is 0 Å². The molecule has 2 aromatic heterocycles. The van der Waals surface area contributed by atoms with Gasteiger partial charge in [-0.3, -0.25) is 0 Å². The first-order valence-electron chi connectivity index (χ1n) is 21.5. The van der Waals surface area contributed by atoms with Gasteiger partial charge in [0.15, 0.2) is 0 Å². The van der Waals surface area contributed by atoms with E-state index in [1.165, 1.54) is 105 Å². The molecule has 1 spiro atoms. The van der Waals surface area contributed by atoms with E-state index in [-0.39, 0.29) is 0 Å². The Morgan fingerprint density at radius 2 is 0.857 bits per heavy atom. The van der Waals surface area contributed by atoms with Gasteiger partial charge in [0.1, 0.15) is 0 Å². The Hall–Kier alpha value is -6.95. The van der Waals surface area contributed by atoms with Crippen molar-refractivity contribution in [1.29, 1.82) is 0 Å². The summed E-state index contributed by atoms with van der Waals surface area (Å²) in [6.07, 6.45) is 0. The van der Waals surface area contributed by atoms with Crippen LogP contribution in [0.5, 0.6) is 0 Å². The molecule has 0 saturated heterocycles. The van der Waals surface area contributed by atoms with Gasteiger partial charge in [-0.25, -0.2) is 0 Å². The molecule has 1 nitrogen and oxygen atoms in total. The van der Waals surface area contributed by atoms with Crippen LogP contribution in [0.3, 0.4) is 0 Å². The molecular formula is C59H35NS3. The predicted molar refractivity (Wildman–Crippen MR) is 271 cm³/mol. The van der Waals surface area contributed by atoms with E-state index < -0.39 is 5.41 Å². The topological polar surface area (TPSA) is 3.24 Å². The van der Waals surface area contributed by atoms with Crippen LogP contribution in [0, 0.1) is 0 Å². The van der Waals surface area contributed by atoms with E-state index in [4.69, 9.17) is 0 Å². The summed E-state index contributed by atoms with van der Waals surface area (Å²) in [5, 5.41) is 7.83. The Morgan fingerprint density at radius 1 is 0.333 bits per heavy atom. The smallest absolute Gasteiger partial charge is 0.0735 e. The molecule has 0 radical (unpaired) electrons. The number of anilines is 3. The maximum Gasteiger partial charge on any atom is 0.0735 e. The van der Waals surface area contributed by atoms with E-state index in [0.717, 1.165) is 17.1 Å². The van der Waals surface area contributed by atoms with E-state index in [0.29, 0.717) is 0 Å². The minimum Gasteiger partial charge on any atom is -0.310 e. The minimum absolute atomic E-state index is 0.448. The van der Waals surface area contributed by atoms with Crippen molar-refractivity contribution < 1.29 is 0 Å². The molecule has 4 heteroatoms. The summed E-state index contributed by atoms with van der Waals surface area (Å²) in [6.45, 7) is 0. The number of hydrogen-bond donors (Lipinski definition) is 0. The average Bonchev–Trinajstić information content (AvgIpc) is 4.00. The molecule has 0 bridgehead atoms. The van der Waals surface area contributed by atoms with Gasteiger partial charge in [0, 0.05) is 67.2 Å². The predicted octanol–water partition coefficient (Wildman–Crippen LogP) is 17.5. The lowest BCUT2D eigenvalue weighted by Crippen LogP contribution is -2.32. The Bertz CT molecular complexity index is 3690. The van der Waals surface area contributed by atoms with Crippen molar-refractivity contribution >= 4 is 103 Å². The SMILES string of the molecule is c1ccc2c(c1)Sc1ccccc1C21c2cc(-c3ccc(N(c4ccc5c(c4)sc4ccccc45)c4ccc5c(c4)sc4ccccc45)cc3)ccc2-c2c1ccc1ccccc21. The fraction of sp³-hybridized carbons (Fsp3) is 0.0169. The molecule has 0 N–H and O–H groups in total. The first kappa shape index (κ1) is 35.6. The van der Waals surface area contributed by atoms with E-state index in [9.17, 15) is 0 Å². The molecule has 10 aromatic carbocycles. The molecule has 12 aromatic rings. The van der Waals surface area contributed by atoms with Crippen LogP contribution >= 0.6 is 34.4 Å². The summed E-state index contributed by atoms with van der Waals surface area (Å²) in [6, 6.07) is 79.8. The summed E-state index contributed by atoms with van der Waals surface area (Å²) in [5.41, 5.74) is 13.5. The van der Waals surface area contributed by atoms with Gasteiger partial charge in [-0.2, -0.15) is 0 Å². The molecule has 0 saturated carbocycles. The highest BCUT2D eigenvalue weighted by molar-refractivity contribution is 7.99. The first-order valence-corrected chi connectivity index (χ1v) is 23.9. The summed E-state index contributed by atoms with van der Waals surface area (Å²) in [4.78, 5) is 5.08. The van der Waals surface area contributed by atoms with E-state index in [1.807, 2.05) is 34.4 Å². The van der Waals surface area contributed by atoms with Gasteiger partial charge in [0.05, 0.1) is 5.41 Å². The maximum atomic E-state index is 2.51. The zero-order valence-corrected chi connectivity index (χ0v) is 36.3. The highest BCUT2D eigenvalue weighted by atomic mass is 32.2. The summed E-state index contributed by atoms with van der Waals surface area (Å²) >= 11 is 5.64. The monoisotopic (exact) mass is 853 g/mol. The molecule has 0 fully saturated rings. The number of thiophene rings is 2. The zero-order chi connectivity index (χ0) is 41.2. The van der Waals surface area contributed by atoms with Crippen LogP contribution in [-0.2, 0) is 5.41 Å². The van der Waals surface area contributed by atoms with Crippen LogP contribution in [0.1, 0.15) is 22.3 Å². The summed E-state index contributed by atoms with van der Waals surface area (Å²) in [5.74, 6) is 0. The molecular weight excluding hydrogens is 819 g/mol. The van der Waals surface area contributed by atoms with Crippen molar-refractivity contribution in [2.75, 3.05) is 4.90 Å². The average molecular weight is 854 g/mol. The summed E-state index contributed by atoms with van der Waals surface area (Å²) in [7, 11) is 0. The van der Waals surface area contributed by atoms with E-state index in [2.05, 4.69) is 217 Å². The molecule has 3 heterocycles. The van der Waals surface area contributed by atoms with Crippen molar-refractivity contribution in [3.8, 4) is 22.3 Å². The fourth-order valence-electron chi connectivity index (χ4n) is 10.8. The van der Waals surface area contributed by atoms with Crippen LogP contribution < -0.4 is 4.90 Å². The van der Waals surface area contributed by atoms with Crippen molar-refractivity contribution in [3.05, 3.63) is 235 Å². The van der Waals surface area contributed by atoms with Gasteiger partial charge in [0.2, 0.25) is 0 Å². The molecule has 1 aliphatic heterocycles. The molecule has 1 aliphatic carbocycles. The van der Waals surface area contributed by atoms with E-state index >= 15 is 0 Å². The number of nitrogens with zero attached hydrogens (tertiary/aromatic N) is 1. The Balaban J connectivity index is 0.945. The number of hydrogen-bond acceptors (Lipinski definition) is 4. The van der Waals surface area contributed by atoms with Crippen LogP contribution in [0.25, 0.3) is 73.4 Å². The lowest BCUT2D eigenvalue weighted by Gasteiger charge is -2.39. The van der Waals surface area contributed by atoms with Crippen molar-refractivity contribution in [2.24, 2.45) is 0 Å². The van der Waals surface area contributed by atoms with Gasteiger partial charge >= 0.3 is 0 Å². The highest BCUT2D eigenvalue weighted by Gasteiger charge is 2.50. The van der Waals surface area contributed by atoms with Crippen LogP contribution in [0.2, 0.25) is 0 Å². The third-order valence-corrected chi connectivity index (χ3v) is 16.9. The Labute approximate surface area is 377 Å². The van der Waals surface area contributed by atoms with Gasteiger partial charge < -0.3 is 4.90 Å². The van der Waals surface area contributed by atoms with Gasteiger partial charge in [-0.1, -0.05) is 157 Å². The molecule has 0 atom stereocenters. The lowest BCUT2D eigenvalue weighted by molar-refractivity contribution is 0.723. The lowest BCUT2D eigenvalue weighted by atomic mass is 9.67. The number of benzene rings is 10. The third-order valence-electron chi connectivity index (χ3n) is 13.5. The molecule has 294 valence electrons. The Morgan fingerprint density at radius 3 is 1.51 bits per heavy atom. The fourth-order valence-corrected chi connectivity index (χ4v) is 14.3. The van der Waals surface area contributed by atoms with E-state index in [1.54, 1.807) is 0 Å². The van der Waals surface area contributed by atoms with Crippen molar-refractivity contribution in [1.82, 2.24) is 0 Å². The quantitative estimate of drug-likeness (QED) is 0.174. The van der Waals surface area contributed by atoms with Crippen LogP contribution in [0.4, 0.5) is 17.1 Å². The normalized spacial score (nSPS) is 13.5. The second-order valence-electron chi connectivity index (χ2n) is 16.8. The largest absolute Gasteiger partial charge is 0.310 e. The first-order chi connectivity index (χ1) is 31.2. The standard InChI is InChI=1S/C59H35NS3/c1-2-12-42-37(11-1)24-32-50-58(42)47-29-23-38(33-51(47)59(50)48-15-5-9-19-54(48)63-55-20-10-6-16-49(55)59)36-21-25-39(26-22-36)60(40-27-30-45-43-13-3-7-17-52(43)61-56(45)34-40)41-28-31-46-44-14-4-8-18-53(44)62-57(46)35-41/h1-35H. The molecule has 2 aliphatic rings.